The predicted octanol–water partition coefficient (Wildman–Crippen LogP) is 2.00. The molecule has 3 N–H and O–H groups in total. The molecular weight excluding hydrogens is 433 g/mol. The molecule has 9 nitrogen and oxygen atoms in total. The fraction of sp³-hybridized carbons (Fsp3) is 0.353. The number of nitrogens with one attached hydrogen (secondary N) is 1. The Balaban J connectivity index is 1.59. The molecule has 4 rings (SSSR count). The zero-order valence-corrected chi connectivity index (χ0v) is 15.3. The number of benzene rings is 1. The number of hydrogen-bond acceptors (Lipinski definition) is 8. The predicted molar refractivity (Wildman–Crippen MR) is 92.9 cm³/mol. The van der Waals surface area contributed by atoms with Gasteiger partial charge < -0.3 is 20.3 Å². The molecule has 1 fully saturated rings. The van der Waals surface area contributed by atoms with Crippen molar-refractivity contribution in [3.05, 3.63) is 42.5 Å². The van der Waals surface area contributed by atoms with Crippen LogP contribution in [0, 0.1) is 11.6 Å². The van der Waals surface area contributed by atoms with Crippen molar-refractivity contribution in [1.82, 2.24) is 19.5 Å². The standard InChI is InChI=1S/C17H14F5N5O4/c18-8-2-1-7(3-9(8)19)26-14-11-15(24-5-23-14)27(6-25-11)16-13(29)12(28)10(31-16)4-30-17(20,21)22/h1-3,5-6,10,12-13,16,28-29H,4H2,(H,23,24,26)/t10-,12-,13-,16-/m1/s1. The third-order valence-corrected chi connectivity index (χ3v) is 4.56. The van der Waals surface area contributed by atoms with Crippen LogP contribution in [0.1, 0.15) is 6.23 Å². The molecule has 0 unspecified atom stereocenters. The van der Waals surface area contributed by atoms with E-state index in [9.17, 15) is 32.2 Å². The first-order valence-electron chi connectivity index (χ1n) is 8.76. The minimum atomic E-state index is -4.93. The molecule has 0 aliphatic carbocycles. The Bertz CT molecular complexity index is 1090. The highest BCUT2D eigenvalue weighted by Gasteiger charge is 2.46. The van der Waals surface area contributed by atoms with Crippen molar-refractivity contribution in [2.45, 2.75) is 30.9 Å². The van der Waals surface area contributed by atoms with E-state index in [2.05, 4.69) is 25.0 Å². The summed E-state index contributed by atoms with van der Waals surface area (Å²) >= 11 is 0. The number of imidazole rings is 1. The fourth-order valence-corrected chi connectivity index (χ4v) is 3.11. The van der Waals surface area contributed by atoms with E-state index < -0.39 is 49.1 Å². The molecule has 0 saturated carbocycles. The molecule has 1 aliphatic heterocycles. The average Bonchev–Trinajstić information content (AvgIpc) is 3.25. The van der Waals surface area contributed by atoms with Gasteiger partial charge in [0.05, 0.1) is 12.9 Å². The summed E-state index contributed by atoms with van der Waals surface area (Å²) in [6.07, 6.45) is -8.66. The Morgan fingerprint density at radius 3 is 2.58 bits per heavy atom. The van der Waals surface area contributed by atoms with Crippen LogP contribution in [0.3, 0.4) is 0 Å². The van der Waals surface area contributed by atoms with Gasteiger partial charge in [-0.25, -0.2) is 23.7 Å². The number of alkyl halides is 3. The first-order chi connectivity index (χ1) is 14.6. The zero-order valence-electron chi connectivity index (χ0n) is 15.3. The van der Waals surface area contributed by atoms with Gasteiger partial charge in [0.25, 0.3) is 0 Å². The molecule has 0 bridgehead atoms. The van der Waals surface area contributed by atoms with Crippen molar-refractivity contribution < 1.29 is 41.6 Å². The maximum Gasteiger partial charge on any atom is 0.522 e. The molecule has 0 amide bonds. The van der Waals surface area contributed by atoms with Crippen LogP contribution in [-0.4, -0.2) is 61.0 Å². The summed E-state index contributed by atoms with van der Waals surface area (Å²) < 4.78 is 73.6. The van der Waals surface area contributed by atoms with Crippen LogP contribution >= 0.6 is 0 Å². The Labute approximate surface area is 170 Å². The van der Waals surface area contributed by atoms with Gasteiger partial charge in [-0.3, -0.25) is 9.30 Å². The van der Waals surface area contributed by atoms with E-state index in [1.165, 1.54) is 17.0 Å². The van der Waals surface area contributed by atoms with E-state index in [0.717, 1.165) is 18.5 Å². The molecule has 14 heteroatoms. The minimum absolute atomic E-state index is 0.105. The van der Waals surface area contributed by atoms with Gasteiger partial charge in [-0.2, -0.15) is 0 Å². The molecule has 2 aromatic heterocycles. The lowest BCUT2D eigenvalue weighted by Gasteiger charge is -2.17. The summed E-state index contributed by atoms with van der Waals surface area (Å²) in [5, 5.41) is 23.0. The number of aromatic nitrogens is 4. The first kappa shape index (κ1) is 21.3. The zero-order chi connectivity index (χ0) is 22.3. The van der Waals surface area contributed by atoms with Crippen molar-refractivity contribution in [2.75, 3.05) is 11.9 Å². The Hall–Kier alpha value is -2.94. The van der Waals surface area contributed by atoms with Gasteiger partial charge in [-0.05, 0) is 12.1 Å². The van der Waals surface area contributed by atoms with E-state index in [1.807, 2.05) is 0 Å². The number of ether oxygens (including phenoxy) is 2. The fourth-order valence-electron chi connectivity index (χ4n) is 3.11. The second-order valence-electron chi connectivity index (χ2n) is 6.60. The summed E-state index contributed by atoms with van der Waals surface area (Å²) in [5.74, 6) is -2.00. The minimum Gasteiger partial charge on any atom is -0.387 e. The number of halogens is 5. The molecule has 31 heavy (non-hydrogen) atoms. The lowest BCUT2D eigenvalue weighted by molar-refractivity contribution is -0.333. The number of fused-ring (bicyclic) bond motifs is 1. The number of aliphatic hydroxyl groups is 2. The Morgan fingerprint density at radius 1 is 1.10 bits per heavy atom. The summed E-state index contributed by atoms with van der Waals surface area (Å²) in [4.78, 5) is 12.1. The van der Waals surface area contributed by atoms with Crippen LogP contribution in [0.15, 0.2) is 30.9 Å². The maximum absolute atomic E-state index is 13.4. The van der Waals surface area contributed by atoms with Crippen molar-refractivity contribution in [3.63, 3.8) is 0 Å². The third kappa shape index (κ3) is 4.27. The van der Waals surface area contributed by atoms with Gasteiger partial charge in [0.2, 0.25) is 0 Å². The number of anilines is 2. The third-order valence-electron chi connectivity index (χ3n) is 4.56. The van der Waals surface area contributed by atoms with E-state index in [4.69, 9.17) is 4.74 Å². The number of hydrogen-bond donors (Lipinski definition) is 3. The van der Waals surface area contributed by atoms with E-state index in [1.54, 1.807) is 0 Å². The molecular formula is C17H14F5N5O4. The van der Waals surface area contributed by atoms with Crippen molar-refractivity contribution in [1.29, 1.82) is 0 Å². The normalized spacial score (nSPS) is 24.1. The molecule has 1 aromatic carbocycles. The van der Waals surface area contributed by atoms with Crippen LogP contribution in [0.2, 0.25) is 0 Å². The number of rotatable bonds is 5. The van der Waals surface area contributed by atoms with Gasteiger partial charge in [-0.1, -0.05) is 0 Å². The highest BCUT2D eigenvalue weighted by molar-refractivity contribution is 5.85. The lowest BCUT2D eigenvalue weighted by atomic mass is 10.1. The SMILES string of the molecule is O[C@@H]1[C@H](O)[C@@H](COC(F)(F)F)O[C@H]1n1cnc2c(Nc3ccc(F)c(F)c3)ncnc21. The van der Waals surface area contributed by atoms with Crippen LogP contribution in [0.5, 0.6) is 0 Å². The topological polar surface area (TPSA) is 115 Å². The summed E-state index contributed by atoms with van der Waals surface area (Å²) in [6, 6.07) is 3.10. The Morgan fingerprint density at radius 2 is 1.87 bits per heavy atom. The molecule has 3 aromatic rings. The first-order valence-corrected chi connectivity index (χ1v) is 8.76. The lowest BCUT2D eigenvalue weighted by Crippen LogP contribution is -2.35. The van der Waals surface area contributed by atoms with Crippen molar-refractivity contribution in [2.24, 2.45) is 0 Å². The number of nitrogens with zero attached hydrogens (tertiary/aromatic N) is 4. The highest BCUT2D eigenvalue weighted by atomic mass is 19.4. The van der Waals surface area contributed by atoms with Crippen molar-refractivity contribution >= 4 is 22.7 Å². The second-order valence-corrected chi connectivity index (χ2v) is 6.60. The van der Waals surface area contributed by atoms with Crippen LogP contribution < -0.4 is 5.32 Å². The van der Waals surface area contributed by atoms with Gasteiger partial charge in [0.1, 0.15) is 24.6 Å². The van der Waals surface area contributed by atoms with Crippen LogP contribution in [-0.2, 0) is 9.47 Å². The smallest absolute Gasteiger partial charge is 0.387 e. The van der Waals surface area contributed by atoms with Gasteiger partial charge in [-0.15, -0.1) is 13.2 Å². The molecule has 3 heterocycles. The molecule has 1 saturated heterocycles. The van der Waals surface area contributed by atoms with Gasteiger partial charge >= 0.3 is 6.36 Å². The van der Waals surface area contributed by atoms with Gasteiger partial charge in [0.15, 0.2) is 34.8 Å². The van der Waals surface area contributed by atoms with Gasteiger partial charge in [0, 0.05) is 11.8 Å². The average molecular weight is 447 g/mol. The highest BCUT2D eigenvalue weighted by Crippen LogP contribution is 2.33. The molecule has 166 valence electrons. The van der Waals surface area contributed by atoms with E-state index in [0.29, 0.717) is 0 Å². The summed E-state index contributed by atoms with van der Waals surface area (Å²) in [7, 11) is 0. The summed E-state index contributed by atoms with van der Waals surface area (Å²) in [6.45, 7) is -1.03. The molecule has 1 aliphatic rings. The summed E-state index contributed by atoms with van der Waals surface area (Å²) in [5.41, 5.74) is 0.423. The largest absolute Gasteiger partial charge is 0.522 e. The maximum atomic E-state index is 13.4. The van der Waals surface area contributed by atoms with Crippen LogP contribution in [0.25, 0.3) is 11.2 Å². The van der Waals surface area contributed by atoms with E-state index in [-0.39, 0.29) is 22.7 Å². The van der Waals surface area contributed by atoms with E-state index >= 15 is 0 Å². The monoisotopic (exact) mass is 447 g/mol. The Kier molecular flexibility index (Phi) is 5.47. The van der Waals surface area contributed by atoms with Crippen molar-refractivity contribution in [3.8, 4) is 0 Å². The molecule has 0 radical (unpaired) electrons. The molecule has 0 spiro atoms. The van der Waals surface area contributed by atoms with Crippen LogP contribution in [0.4, 0.5) is 33.5 Å². The number of aliphatic hydroxyl groups excluding tert-OH is 2. The molecule has 4 atom stereocenters. The second kappa shape index (κ2) is 7.96. The quantitative estimate of drug-likeness (QED) is 0.509.